The minimum absolute atomic E-state index is 0.0671. The molecule has 0 bridgehead atoms. The predicted octanol–water partition coefficient (Wildman–Crippen LogP) is 3.93. The molecule has 0 unspecified atom stereocenters. The van der Waals surface area contributed by atoms with Crippen LogP contribution in [-0.4, -0.2) is 71.9 Å². The number of aryl methyl sites for hydroxylation is 1. The number of hydrogen-bond acceptors (Lipinski definition) is 8. The third-order valence-corrected chi connectivity index (χ3v) is 8.54. The third-order valence-electron chi connectivity index (χ3n) is 7.60. The van der Waals surface area contributed by atoms with E-state index in [1.165, 1.54) is 12.3 Å². The highest BCUT2D eigenvalue weighted by Crippen LogP contribution is 2.34. The molecule has 2 aliphatic heterocycles. The van der Waals surface area contributed by atoms with E-state index in [1.807, 2.05) is 13.0 Å². The molecule has 2 aliphatic rings. The Bertz CT molecular complexity index is 1670. The Morgan fingerprint density at radius 2 is 1.73 bits per heavy atom. The molecule has 2 N–H and O–H groups in total. The van der Waals surface area contributed by atoms with Crippen LogP contribution in [0.4, 0.5) is 18.9 Å². The van der Waals surface area contributed by atoms with Crippen molar-refractivity contribution >= 4 is 34.3 Å². The second kappa shape index (κ2) is 10.1. The quantitative estimate of drug-likeness (QED) is 0.348. The van der Waals surface area contributed by atoms with Crippen molar-refractivity contribution in [2.24, 2.45) is 0 Å². The summed E-state index contributed by atoms with van der Waals surface area (Å²) < 4.78 is 40.7. The van der Waals surface area contributed by atoms with Crippen LogP contribution >= 0.6 is 11.8 Å². The number of aromatic nitrogens is 4. The minimum Gasteiger partial charge on any atom is -0.348 e. The number of halogens is 3. The molecule has 13 heteroatoms. The Morgan fingerprint density at radius 3 is 2.44 bits per heavy atom. The SMILES string of the molecule is Cc1cc(-c2ncc3cc(C(F)(F)F)ccc3n2)ccc1N1CCn2nc(C(O)(O)N3CCSCC3)c(C)c2C1=O. The van der Waals surface area contributed by atoms with Crippen molar-refractivity contribution in [3.05, 3.63) is 70.7 Å². The molecule has 1 fully saturated rings. The van der Waals surface area contributed by atoms with E-state index in [-0.39, 0.29) is 17.0 Å². The van der Waals surface area contributed by atoms with Crippen molar-refractivity contribution in [3.8, 4) is 11.4 Å². The molecule has 4 heterocycles. The molecule has 4 aromatic rings. The maximum Gasteiger partial charge on any atom is 0.416 e. The molecule has 2 aromatic carbocycles. The van der Waals surface area contributed by atoms with Crippen LogP contribution in [0, 0.1) is 13.8 Å². The van der Waals surface area contributed by atoms with Gasteiger partial charge in [-0.3, -0.25) is 9.48 Å². The molecule has 0 spiro atoms. The molecule has 9 nitrogen and oxygen atoms in total. The smallest absolute Gasteiger partial charge is 0.348 e. The highest BCUT2D eigenvalue weighted by molar-refractivity contribution is 7.99. The molecule has 214 valence electrons. The van der Waals surface area contributed by atoms with Gasteiger partial charge in [-0.1, -0.05) is 0 Å². The summed E-state index contributed by atoms with van der Waals surface area (Å²) in [5.74, 6) is -0.655. The van der Waals surface area contributed by atoms with E-state index in [9.17, 15) is 28.2 Å². The largest absolute Gasteiger partial charge is 0.416 e. The first kappa shape index (κ1) is 27.6. The van der Waals surface area contributed by atoms with Crippen LogP contribution in [0.5, 0.6) is 0 Å². The van der Waals surface area contributed by atoms with Gasteiger partial charge in [-0.2, -0.15) is 30.0 Å². The molecule has 1 saturated heterocycles. The van der Waals surface area contributed by atoms with E-state index < -0.39 is 17.7 Å². The van der Waals surface area contributed by atoms with Crippen molar-refractivity contribution in [2.75, 3.05) is 36.0 Å². The van der Waals surface area contributed by atoms with Crippen molar-refractivity contribution in [2.45, 2.75) is 32.5 Å². The molecule has 41 heavy (non-hydrogen) atoms. The fourth-order valence-electron chi connectivity index (χ4n) is 5.43. The monoisotopic (exact) mass is 584 g/mol. The topological polar surface area (TPSA) is 108 Å². The Balaban J connectivity index is 1.28. The highest BCUT2D eigenvalue weighted by Gasteiger charge is 2.42. The van der Waals surface area contributed by atoms with Crippen molar-refractivity contribution in [3.63, 3.8) is 0 Å². The summed E-state index contributed by atoms with van der Waals surface area (Å²) in [4.78, 5) is 25.6. The first-order chi connectivity index (χ1) is 19.4. The van der Waals surface area contributed by atoms with Crippen LogP contribution in [0.2, 0.25) is 0 Å². The van der Waals surface area contributed by atoms with E-state index in [0.29, 0.717) is 60.0 Å². The van der Waals surface area contributed by atoms with Gasteiger partial charge in [0, 0.05) is 59.5 Å². The Hall–Kier alpha value is -3.52. The fourth-order valence-corrected chi connectivity index (χ4v) is 6.33. The first-order valence-corrected chi connectivity index (χ1v) is 14.2. The molecule has 6 rings (SSSR count). The lowest BCUT2D eigenvalue weighted by Crippen LogP contribution is -2.50. The van der Waals surface area contributed by atoms with Crippen LogP contribution in [0.3, 0.4) is 0 Å². The van der Waals surface area contributed by atoms with Crippen molar-refractivity contribution in [1.82, 2.24) is 24.6 Å². The average molecular weight is 585 g/mol. The molecule has 0 aliphatic carbocycles. The molecule has 0 saturated carbocycles. The Morgan fingerprint density at radius 1 is 0.976 bits per heavy atom. The Labute approximate surface area is 237 Å². The fraction of sp³-hybridized carbons (Fsp3) is 0.357. The molecular weight excluding hydrogens is 557 g/mol. The maximum absolute atomic E-state index is 13.7. The van der Waals surface area contributed by atoms with Crippen LogP contribution in [0.15, 0.2) is 42.6 Å². The van der Waals surface area contributed by atoms with Gasteiger partial charge in [0.25, 0.3) is 11.8 Å². The lowest BCUT2D eigenvalue weighted by molar-refractivity contribution is -0.276. The number of aliphatic hydroxyl groups is 2. The van der Waals surface area contributed by atoms with Crippen LogP contribution in [0.25, 0.3) is 22.3 Å². The number of alkyl halides is 3. The molecule has 2 aromatic heterocycles. The standard InChI is InChI=1S/C28H27F3N6O3S/c1-16-13-18(25-32-15-19-14-20(27(29,30)31)4-5-21(19)33-25)3-6-22(16)36-7-8-37-23(26(36)38)17(2)24(34-37)28(39,40)35-9-11-41-12-10-35/h3-6,13-15,39-40H,7-12H2,1-2H3. The summed E-state index contributed by atoms with van der Waals surface area (Å²) >= 11 is 1.75. The van der Waals surface area contributed by atoms with Gasteiger partial charge >= 0.3 is 6.18 Å². The number of rotatable bonds is 4. The van der Waals surface area contributed by atoms with Gasteiger partial charge in [0.05, 0.1) is 17.6 Å². The van der Waals surface area contributed by atoms with Crippen molar-refractivity contribution < 1.29 is 28.2 Å². The van der Waals surface area contributed by atoms with E-state index in [1.54, 1.807) is 45.3 Å². The van der Waals surface area contributed by atoms with Gasteiger partial charge in [-0.25, -0.2) is 14.9 Å². The van der Waals surface area contributed by atoms with Gasteiger partial charge < -0.3 is 15.1 Å². The van der Waals surface area contributed by atoms with Gasteiger partial charge in [-0.15, -0.1) is 0 Å². The normalized spacial score (nSPS) is 16.9. The zero-order chi connectivity index (χ0) is 29.1. The summed E-state index contributed by atoms with van der Waals surface area (Å²) in [5.41, 5.74) is 2.55. The summed E-state index contributed by atoms with van der Waals surface area (Å²) in [7, 11) is 0. The van der Waals surface area contributed by atoms with E-state index in [0.717, 1.165) is 29.2 Å². The summed E-state index contributed by atoms with van der Waals surface area (Å²) in [6, 6.07) is 8.74. The van der Waals surface area contributed by atoms with Gasteiger partial charge in [0.1, 0.15) is 11.4 Å². The summed E-state index contributed by atoms with van der Waals surface area (Å²) in [6.07, 6.45) is -3.08. The summed E-state index contributed by atoms with van der Waals surface area (Å²) in [5, 5.41) is 26.8. The number of hydrogen-bond donors (Lipinski definition) is 2. The lowest BCUT2D eigenvalue weighted by Gasteiger charge is -2.36. The molecule has 0 atom stereocenters. The van der Waals surface area contributed by atoms with Crippen LogP contribution < -0.4 is 4.90 Å². The second-order valence-corrected chi connectivity index (χ2v) is 11.4. The molecule has 1 amide bonds. The van der Waals surface area contributed by atoms with Crippen LogP contribution in [-0.2, 0) is 18.6 Å². The lowest BCUT2D eigenvalue weighted by atomic mass is 10.1. The minimum atomic E-state index is -4.45. The second-order valence-electron chi connectivity index (χ2n) is 10.2. The van der Waals surface area contributed by atoms with E-state index >= 15 is 0 Å². The highest BCUT2D eigenvalue weighted by atomic mass is 32.2. The first-order valence-electron chi connectivity index (χ1n) is 13.1. The van der Waals surface area contributed by atoms with Crippen LogP contribution in [0.1, 0.15) is 32.9 Å². The maximum atomic E-state index is 13.7. The number of carbonyl (C=O) groups excluding carboxylic acids is 1. The molecular formula is C28H27F3N6O3S. The van der Waals surface area contributed by atoms with Gasteiger partial charge in [0.15, 0.2) is 5.82 Å². The average Bonchev–Trinajstić information content (AvgIpc) is 3.30. The number of anilines is 1. The summed E-state index contributed by atoms with van der Waals surface area (Å²) in [6.45, 7) is 5.25. The van der Waals surface area contributed by atoms with Gasteiger partial charge in [-0.05, 0) is 55.8 Å². The third kappa shape index (κ3) is 4.86. The number of benzene rings is 2. The van der Waals surface area contributed by atoms with E-state index in [4.69, 9.17) is 0 Å². The Kier molecular flexibility index (Phi) is 6.80. The number of fused-ring (bicyclic) bond motifs is 2. The zero-order valence-electron chi connectivity index (χ0n) is 22.3. The number of nitrogens with zero attached hydrogens (tertiary/aromatic N) is 6. The zero-order valence-corrected chi connectivity index (χ0v) is 23.1. The predicted molar refractivity (Wildman–Crippen MR) is 148 cm³/mol. The number of carbonyl (C=O) groups is 1. The van der Waals surface area contributed by atoms with Crippen molar-refractivity contribution in [1.29, 1.82) is 0 Å². The number of amides is 1. The number of thioether (sulfide) groups is 1. The van der Waals surface area contributed by atoms with E-state index in [2.05, 4.69) is 15.1 Å². The van der Waals surface area contributed by atoms with Gasteiger partial charge in [0.2, 0.25) is 0 Å². The molecule has 0 radical (unpaired) electrons.